The zero-order chi connectivity index (χ0) is 15.8. The SMILES string of the molecule is CCCC(C)(CNC(C)(C)C)CN(C)C(CC)CSC. The van der Waals surface area contributed by atoms with Crippen molar-refractivity contribution in [2.45, 2.75) is 72.4 Å². The second kappa shape index (κ2) is 9.32. The Bertz CT molecular complexity index is 250. The first-order valence-electron chi connectivity index (χ1n) is 8.11. The van der Waals surface area contributed by atoms with Crippen molar-refractivity contribution in [2.24, 2.45) is 5.41 Å². The molecule has 0 aliphatic rings. The van der Waals surface area contributed by atoms with Crippen molar-refractivity contribution in [1.29, 1.82) is 0 Å². The highest BCUT2D eigenvalue weighted by molar-refractivity contribution is 7.98. The molecule has 0 saturated heterocycles. The molecule has 0 aliphatic carbocycles. The highest BCUT2D eigenvalue weighted by Gasteiger charge is 2.28. The van der Waals surface area contributed by atoms with Gasteiger partial charge in [0.1, 0.15) is 0 Å². The third kappa shape index (κ3) is 8.53. The lowest BCUT2D eigenvalue weighted by Gasteiger charge is -2.39. The van der Waals surface area contributed by atoms with E-state index in [1.165, 1.54) is 31.6 Å². The molecule has 0 fully saturated rings. The minimum absolute atomic E-state index is 0.205. The summed E-state index contributed by atoms with van der Waals surface area (Å²) in [7, 11) is 2.30. The van der Waals surface area contributed by atoms with E-state index >= 15 is 0 Å². The van der Waals surface area contributed by atoms with Crippen molar-refractivity contribution in [3.8, 4) is 0 Å². The Hall–Kier alpha value is 0.270. The fourth-order valence-corrected chi connectivity index (χ4v) is 3.66. The van der Waals surface area contributed by atoms with Gasteiger partial charge in [0.15, 0.2) is 0 Å². The first-order valence-corrected chi connectivity index (χ1v) is 9.51. The quantitative estimate of drug-likeness (QED) is 0.649. The topological polar surface area (TPSA) is 15.3 Å². The lowest BCUT2D eigenvalue weighted by atomic mass is 9.83. The molecule has 2 nitrogen and oxygen atoms in total. The number of rotatable bonds is 10. The summed E-state index contributed by atoms with van der Waals surface area (Å²) in [6.07, 6.45) is 6.00. The molecule has 122 valence electrons. The van der Waals surface area contributed by atoms with Crippen LogP contribution < -0.4 is 5.32 Å². The first kappa shape index (κ1) is 20.3. The highest BCUT2D eigenvalue weighted by atomic mass is 32.2. The molecule has 1 N–H and O–H groups in total. The van der Waals surface area contributed by atoms with Gasteiger partial charge in [-0.1, -0.05) is 27.2 Å². The highest BCUT2D eigenvalue weighted by Crippen LogP contribution is 2.26. The molecule has 2 unspecified atom stereocenters. The van der Waals surface area contributed by atoms with Crippen LogP contribution in [0.3, 0.4) is 0 Å². The van der Waals surface area contributed by atoms with Gasteiger partial charge in [-0.05, 0) is 52.3 Å². The molecule has 0 aromatic heterocycles. The Morgan fingerprint density at radius 3 is 2.15 bits per heavy atom. The molecule has 0 aromatic rings. The van der Waals surface area contributed by atoms with Crippen LogP contribution >= 0.6 is 11.8 Å². The predicted molar refractivity (Wildman–Crippen MR) is 95.9 cm³/mol. The van der Waals surface area contributed by atoms with E-state index in [2.05, 4.69) is 65.1 Å². The third-order valence-corrected chi connectivity index (χ3v) is 4.70. The zero-order valence-electron chi connectivity index (χ0n) is 15.2. The lowest BCUT2D eigenvalue weighted by molar-refractivity contribution is 0.134. The molecule has 0 aliphatic heterocycles. The number of thioether (sulfide) groups is 1. The molecule has 20 heavy (non-hydrogen) atoms. The van der Waals surface area contributed by atoms with Crippen molar-refractivity contribution < 1.29 is 0 Å². The van der Waals surface area contributed by atoms with Crippen LogP contribution in [-0.4, -0.2) is 48.6 Å². The Balaban J connectivity index is 4.64. The molecule has 0 spiro atoms. The van der Waals surface area contributed by atoms with Crippen molar-refractivity contribution in [3.05, 3.63) is 0 Å². The maximum atomic E-state index is 3.71. The summed E-state index contributed by atoms with van der Waals surface area (Å²) in [5, 5.41) is 3.71. The van der Waals surface area contributed by atoms with E-state index in [0.717, 1.165) is 6.54 Å². The van der Waals surface area contributed by atoms with Crippen LogP contribution in [-0.2, 0) is 0 Å². The van der Waals surface area contributed by atoms with E-state index in [9.17, 15) is 0 Å². The van der Waals surface area contributed by atoms with Gasteiger partial charge in [-0.15, -0.1) is 0 Å². The van der Waals surface area contributed by atoms with Crippen molar-refractivity contribution in [2.75, 3.05) is 32.1 Å². The van der Waals surface area contributed by atoms with Gasteiger partial charge in [-0.3, -0.25) is 0 Å². The largest absolute Gasteiger partial charge is 0.311 e. The number of nitrogens with one attached hydrogen (secondary N) is 1. The Labute approximate surface area is 132 Å². The molecule has 0 amide bonds. The monoisotopic (exact) mass is 302 g/mol. The van der Waals surface area contributed by atoms with Crippen LogP contribution in [0, 0.1) is 5.41 Å². The summed E-state index contributed by atoms with van der Waals surface area (Å²) >= 11 is 1.96. The number of hydrogen-bond acceptors (Lipinski definition) is 3. The summed E-state index contributed by atoms with van der Waals surface area (Å²) in [4.78, 5) is 2.58. The fraction of sp³-hybridized carbons (Fsp3) is 1.00. The van der Waals surface area contributed by atoms with E-state index < -0.39 is 0 Å². The van der Waals surface area contributed by atoms with Crippen LogP contribution in [0.5, 0.6) is 0 Å². The summed E-state index contributed by atoms with van der Waals surface area (Å²) in [6, 6.07) is 0.704. The Kier molecular flexibility index (Phi) is 9.45. The molecular weight excluding hydrogens is 264 g/mol. The van der Waals surface area contributed by atoms with Gasteiger partial charge in [0, 0.05) is 30.4 Å². The average molecular weight is 303 g/mol. The molecule has 0 aromatic carbocycles. The molecule has 0 radical (unpaired) electrons. The van der Waals surface area contributed by atoms with E-state index in [4.69, 9.17) is 0 Å². The second-order valence-electron chi connectivity index (χ2n) is 7.60. The van der Waals surface area contributed by atoms with Gasteiger partial charge >= 0.3 is 0 Å². The van der Waals surface area contributed by atoms with Crippen molar-refractivity contribution in [1.82, 2.24) is 10.2 Å². The molecule has 0 saturated carbocycles. The van der Waals surface area contributed by atoms with E-state index in [1.54, 1.807) is 0 Å². The minimum atomic E-state index is 0.205. The molecule has 0 rings (SSSR count). The maximum Gasteiger partial charge on any atom is 0.0180 e. The average Bonchev–Trinajstić information content (AvgIpc) is 2.33. The van der Waals surface area contributed by atoms with Gasteiger partial charge in [-0.25, -0.2) is 0 Å². The van der Waals surface area contributed by atoms with Gasteiger partial charge in [0.25, 0.3) is 0 Å². The fourth-order valence-electron chi connectivity index (χ4n) is 2.79. The predicted octanol–water partition coefficient (Wildman–Crippen LogP) is 4.25. The van der Waals surface area contributed by atoms with Crippen LogP contribution in [0.4, 0.5) is 0 Å². The van der Waals surface area contributed by atoms with Crippen LogP contribution in [0.25, 0.3) is 0 Å². The van der Waals surface area contributed by atoms with Crippen LogP contribution in [0.1, 0.15) is 60.8 Å². The minimum Gasteiger partial charge on any atom is -0.311 e. The molecule has 0 bridgehead atoms. The normalized spacial score (nSPS) is 17.2. The number of nitrogens with zero attached hydrogens (tertiary/aromatic N) is 1. The summed E-state index contributed by atoms with van der Waals surface area (Å²) < 4.78 is 0. The van der Waals surface area contributed by atoms with Crippen molar-refractivity contribution >= 4 is 11.8 Å². The molecule has 3 heteroatoms. The van der Waals surface area contributed by atoms with Crippen LogP contribution in [0.15, 0.2) is 0 Å². The van der Waals surface area contributed by atoms with E-state index in [-0.39, 0.29) is 5.54 Å². The van der Waals surface area contributed by atoms with Gasteiger partial charge in [0.2, 0.25) is 0 Å². The number of hydrogen-bond donors (Lipinski definition) is 1. The van der Waals surface area contributed by atoms with E-state index in [0.29, 0.717) is 11.5 Å². The summed E-state index contributed by atoms with van der Waals surface area (Å²) in [5.41, 5.74) is 0.569. The third-order valence-electron chi connectivity index (χ3n) is 3.98. The van der Waals surface area contributed by atoms with E-state index in [1.807, 2.05) is 11.8 Å². The Morgan fingerprint density at radius 1 is 1.15 bits per heavy atom. The van der Waals surface area contributed by atoms with Gasteiger partial charge < -0.3 is 10.2 Å². The second-order valence-corrected chi connectivity index (χ2v) is 8.51. The van der Waals surface area contributed by atoms with Crippen LogP contribution in [0.2, 0.25) is 0 Å². The molecule has 0 heterocycles. The lowest BCUT2D eigenvalue weighted by Crippen LogP contribution is -2.49. The first-order chi connectivity index (χ1) is 9.17. The Morgan fingerprint density at radius 2 is 1.75 bits per heavy atom. The van der Waals surface area contributed by atoms with Gasteiger partial charge in [0.05, 0.1) is 0 Å². The van der Waals surface area contributed by atoms with Crippen molar-refractivity contribution in [3.63, 3.8) is 0 Å². The van der Waals surface area contributed by atoms with Gasteiger partial charge in [-0.2, -0.15) is 11.8 Å². The maximum absolute atomic E-state index is 3.71. The molecule has 2 atom stereocenters. The smallest absolute Gasteiger partial charge is 0.0180 e. The summed E-state index contributed by atoms with van der Waals surface area (Å²) in [5.74, 6) is 1.24. The zero-order valence-corrected chi connectivity index (χ0v) is 16.0. The molecular formula is C17H38N2S. The standard InChI is InChI=1S/C17H38N2S/c1-9-11-17(6,13-18-16(3,4)5)14-19(7)15(10-2)12-20-8/h15,18H,9-14H2,1-8H3. The summed E-state index contributed by atoms with van der Waals surface area (Å²) in [6.45, 7) is 16.1.